The summed E-state index contributed by atoms with van der Waals surface area (Å²) < 4.78 is 10.7. The maximum absolute atomic E-state index is 5.60. The first-order chi connectivity index (χ1) is 8.81. The summed E-state index contributed by atoms with van der Waals surface area (Å²) in [5.74, 6) is 6.51. The van der Waals surface area contributed by atoms with Gasteiger partial charge in [-0.05, 0) is 37.8 Å². The number of hydrogen-bond acceptors (Lipinski definition) is 4. The lowest BCUT2D eigenvalue weighted by Gasteiger charge is -2.17. The van der Waals surface area contributed by atoms with Crippen molar-refractivity contribution in [2.45, 2.75) is 32.2 Å². The van der Waals surface area contributed by atoms with Crippen LogP contribution in [0, 0.1) is 0 Å². The van der Waals surface area contributed by atoms with Crippen molar-refractivity contribution in [3.05, 3.63) is 29.8 Å². The van der Waals surface area contributed by atoms with Crippen LogP contribution in [0.2, 0.25) is 0 Å². The van der Waals surface area contributed by atoms with Crippen molar-refractivity contribution >= 4 is 0 Å². The summed E-state index contributed by atoms with van der Waals surface area (Å²) in [7, 11) is 1.69. The Labute approximate surface area is 109 Å². The second-order valence-electron chi connectivity index (χ2n) is 4.22. The minimum atomic E-state index is 0.252. The third-order valence-electron chi connectivity index (χ3n) is 2.94. The second-order valence-corrected chi connectivity index (χ2v) is 4.22. The molecule has 1 aromatic rings. The van der Waals surface area contributed by atoms with Crippen molar-refractivity contribution in [3.63, 3.8) is 0 Å². The molecule has 0 saturated carbocycles. The van der Waals surface area contributed by atoms with E-state index in [0.29, 0.717) is 0 Å². The Morgan fingerprint density at radius 2 is 2.11 bits per heavy atom. The molecule has 102 valence electrons. The van der Waals surface area contributed by atoms with Gasteiger partial charge in [0.05, 0.1) is 7.11 Å². The van der Waals surface area contributed by atoms with Crippen LogP contribution >= 0.6 is 0 Å². The molecule has 0 saturated heterocycles. The third-order valence-corrected chi connectivity index (χ3v) is 2.94. The van der Waals surface area contributed by atoms with Crippen LogP contribution in [0.3, 0.4) is 0 Å². The number of hydrazine groups is 1. The number of ether oxygens (including phenoxy) is 2. The second kappa shape index (κ2) is 8.91. The fourth-order valence-corrected chi connectivity index (χ4v) is 1.96. The number of nitrogens with two attached hydrogens (primary N) is 1. The molecule has 0 spiro atoms. The Morgan fingerprint density at radius 3 is 2.78 bits per heavy atom. The topological polar surface area (TPSA) is 56.5 Å². The van der Waals surface area contributed by atoms with E-state index in [1.54, 1.807) is 7.11 Å². The molecule has 1 atom stereocenters. The lowest BCUT2D eigenvalue weighted by Crippen LogP contribution is -2.37. The minimum absolute atomic E-state index is 0.252. The Kier molecular flexibility index (Phi) is 7.41. The molecule has 0 heterocycles. The summed E-state index contributed by atoms with van der Waals surface area (Å²) >= 11 is 0. The normalized spacial score (nSPS) is 12.4. The van der Waals surface area contributed by atoms with E-state index >= 15 is 0 Å². The van der Waals surface area contributed by atoms with Gasteiger partial charge in [-0.2, -0.15) is 0 Å². The smallest absolute Gasteiger partial charge is 0.122 e. The summed E-state index contributed by atoms with van der Waals surface area (Å²) in [5, 5.41) is 0. The molecule has 0 bridgehead atoms. The maximum Gasteiger partial charge on any atom is 0.122 e. The summed E-state index contributed by atoms with van der Waals surface area (Å²) in [4.78, 5) is 0. The molecule has 1 unspecified atom stereocenters. The highest BCUT2D eigenvalue weighted by atomic mass is 16.5. The highest BCUT2D eigenvalue weighted by molar-refractivity contribution is 5.33. The van der Waals surface area contributed by atoms with E-state index in [-0.39, 0.29) is 6.04 Å². The predicted octanol–water partition coefficient (Wildman–Crippen LogP) is 1.89. The van der Waals surface area contributed by atoms with Crippen LogP contribution in [0.4, 0.5) is 0 Å². The van der Waals surface area contributed by atoms with Crippen LogP contribution in [-0.2, 0) is 11.2 Å². The van der Waals surface area contributed by atoms with Crippen molar-refractivity contribution in [1.29, 1.82) is 0 Å². The Bertz CT molecular complexity index is 331. The van der Waals surface area contributed by atoms with Crippen molar-refractivity contribution in [2.75, 3.05) is 20.3 Å². The zero-order valence-electron chi connectivity index (χ0n) is 11.3. The van der Waals surface area contributed by atoms with Gasteiger partial charge in [0.2, 0.25) is 0 Å². The monoisotopic (exact) mass is 252 g/mol. The number of benzene rings is 1. The number of rotatable bonds is 9. The Morgan fingerprint density at radius 1 is 1.33 bits per heavy atom. The fraction of sp³-hybridized carbons (Fsp3) is 0.571. The van der Waals surface area contributed by atoms with Gasteiger partial charge in [0.25, 0.3) is 0 Å². The van der Waals surface area contributed by atoms with Gasteiger partial charge in [0, 0.05) is 19.3 Å². The van der Waals surface area contributed by atoms with Crippen LogP contribution in [0.15, 0.2) is 24.3 Å². The van der Waals surface area contributed by atoms with Crippen molar-refractivity contribution in [3.8, 4) is 5.75 Å². The van der Waals surface area contributed by atoms with E-state index in [9.17, 15) is 0 Å². The summed E-state index contributed by atoms with van der Waals surface area (Å²) in [6.07, 6.45) is 2.87. The van der Waals surface area contributed by atoms with Crippen LogP contribution in [0.25, 0.3) is 0 Å². The van der Waals surface area contributed by atoms with E-state index in [4.69, 9.17) is 15.3 Å². The quantitative estimate of drug-likeness (QED) is 0.400. The molecule has 0 aliphatic rings. The molecule has 0 aliphatic carbocycles. The van der Waals surface area contributed by atoms with Crippen LogP contribution < -0.4 is 16.0 Å². The van der Waals surface area contributed by atoms with Gasteiger partial charge >= 0.3 is 0 Å². The highest BCUT2D eigenvalue weighted by Gasteiger charge is 2.10. The molecule has 0 amide bonds. The molecule has 0 fully saturated rings. The molecule has 4 nitrogen and oxygen atoms in total. The lowest BCUT2D eigenvalue weighted by molar-refractivity contribution is 0.140. The average Bonchev–Trinajstić information content (AvgIpc) is 2.42. The van der Waals surface area contributed by atoms with Gasteiger partial charge in [0.15, 0.2) is 0 Å². The van der Waals surface area contributed by atoms with Crippen LogP contribution in [-0.4, -0.2) is 26.4 Å². The van der Waals surface area contributed by atoms with E-state index < -0.39 is 0 Å². The zero-order chi connectivity index (χ0) is 13.2. The minimum Gasteiger partial charge on any atom is -0.496 e. The number of hydrogen-bond donors (Lipinski definition) is 2. The molecule has 4 heteroatoms. The first kappa shape index (κ1) is 15.0. The van der Waals surface area contributed by atoms with Crippen molar-refractivity contribution in [1.82, 2.24) is 5.43 Å². The molecule has 1 aromatic carbocycles. The molecule has 0 radical (unpaired) electrons. The molecule has 0 aromatic heterocycles. The van der Waals surface area contributed by atoms with Gasteiger partial charge in [-0.15, -0.1) is 0 Å². The van der Waals surface area contributed by atoms with E-state index in [0.717, 1.165) is 38.2 Å². The fourth-order valence-electron chi connectivity index (χ4n) is 1.96. The zero-order valence-corrected chi connectivity index (χ0v) is 11.3. The number of para-hydroxylation sites is 1. The average molecular weight is 252 g/mol. The lowest BCUT2D eigenvalue weighted by atomic mass is 10.0. The largest absolute Gasteiger partial charge is 0.496 e. The van der Waals surface area contributed by atoms with E-state index in [1.165, 1.54) is 5.56 Å². The number of nitrogens with one attached hydrogen (secondary N) is 1. The molecule has 18 heavy (non-hydrogen) atoms. The highest BCUT2D eigenvalue weighted by Crippen LogP contribution is 2.19. The molecule has 0 aliphatic heterocycles. The van der Waals surface area contributed by atoms with E-state index in [2.05, 4.69) is 11.5 Å². The SMILES string of the molecule is CCOCCCC(Cc1ccccc1OC)NN. The summed E-state index contributed by atoms with van der Waals surface area (Å²) in [6.45, 7) is 3.57. The molecular weight excluding hydrogens is 228 g/mol. The van der Waals surface area contributed by atoms with Gasteiger partial charge in [-0.3, -0.25) is 11.3 Å². The van der Waals surface area contributed by atoms with Crippen molar-refractivity contribution in [2.24, 2.45) is 5.84 Å². The molecular formula is C14H24N2O2. The van der Waals surface area contributed by atoms with Gasteiger partial charge in [-0.1, -0.05) is 18.2 Å². The first-order valence-electron chi connectivity index (χ1n) is 6.47. The summed E-state index contributed by atoms with van der Waals surface area (Å²) in [5.41, 5.74) is 4.05. The third kappa shape index (κ3) is 5.04. The van der Waals surface area contributed by atoms with Crippen LogP contribution in [0.1, 0.15) is 25.3 Å². The Hall–Kier alpha value is -1.10. The van der Waals surface area contributed by atoms with Gasteiger partial charge in [0.1, 0.15) is 5.75 Å². The van der Waals surface area contributed by atoms with Gasteiger partial charge in [-0.25, -0.2) is 0 Å². The summed E-state index contributed by atoms with van der Waals surface area (Å²) in [6, 6.07) is 8.30. The predicted molar refractivity (Wildman–Crippen MR) is 73.5 cm³/mol. The first-order valence-corrected chi connectivity index (χ1v) is 6.47. The van der Waals surface area contributed by atoms with Crippen molar-refractivity contribution < 1.29 is 9.47 Å². The van der Waals surface area contributed by atoms with Crippen LogP contribution in [0.5, 0.6) is 5.75 Å². The maximum atomic E-state index is 5.60. The standard InChI is InChI=1S/C14H24N2O2/c1-3-18-10-6-8-13(16-15)11-12-7-4-5-9-14(12)17-2/h4-5,7,9,13,16H,3,6,8,10-11,15H2,1-2H3. The molecule has 3 N–H and O–H groups in total. The van der Waals surface area contributed by atoms with E-state index in [1.807, 2.05) is 25.1 Å². The Balaban J connectivity index is 2.46. The number of methoxy groups -OCH3 is 1. The van der Waals surface area contributed by atoms with Gasteiger partial charge < -0.3 is 9.47 Å². The molecule has 1 rings (SSSR count).